The molecule has 1 aromatic rings. The number of nitrogens with zero attached hydrogens (tertiary/aromatic N) is 2. The van der Waals surface area contributed by atoms with Gasteiger partial charge in [0.2, 0.25) is 5.91 Å². The molecule has 1 heterocycles. The molecule has 8 heteroatoms. The van der Waals surface area contributed by atoms with Gasteiger partial charge >= 0.3 is 0 Å². The number of nitrogens with one attached hydrogen (secondary N) is 1. The Morgan fingerprint density at radius 2 is 2.16 bits per heavy atom. The van der Waals surface area contributed by atoms with E-state index in [2.05, 4.69) is 20.0 Å². The minimum Gasteiger partial charge on any atom is -0.322 e. The van der Waals surface area contributed by atoms with Crippen molar-refractivity contribution in [2.75, 3.05) is 5.32 Å². The number of amides is 1. The highest BCUT2D eigenvalue weighted by molar-refractivity contribution is 7.58. The molecule has 19 heavy (non-hydrogen) atoms. The van der Waals surface area contributed by atoms with Gasteiger partial charge in [0.15, 0.2) is 0 Å². The van der Waals surface area contributed by atoms with Gasteiger partial charge in [0.25, 0.3) is 0 Å². The molecule has 0 fully saturated rings. The summed E-state index contributed by atoms with van der Waals surface area (Å²) < 4.78 is 8.10. The van der Waals surface area contributed by atoms with Crippen molar-refractivity contribution in [1.82, 2.24) is 0 Å². The zero-order chi connectivity index (χ0) is 14.0. The number of rotatable bonds is 3. The summed E-state index contributed by atoms with van der Waals surface area (Å²) in [7, 11) is 0. The Labute approximate surface area is 123 Å². The number of carbonyl (C=O) groups excluding carboxylic acids is 1. The molecule has 0 saturated carbocycles. The van der Waals surface area contributed by atoms with Crippen molar-refractivity contribution >= 4 is 57.5 Å². The number of hydrogen-bond donors (Lipinski definition) is 2. The SMILES string of the molecule is C#CCC(N)C(=O)Nc1c(Cl)cc(Cl)c2c1N=S=N2. The van der Waals surface area contributed by atoms with E-state index in [4.69, 9.17) is 35.4 Å². The van der Waals surface area contributed by atoms with Gasteiger partial charge in [-0.3, -0.25) is 4.79 Å². The van der Waals surface area contributed by atoms with Crippen LogP contribution in [0.3, 0.4) is 0 Å². The molecule has 0 bridgehead atoms. The Morgan fingerprint density at radius 1 is 1.47 bits per heavy atom. The van der Waals surface area contributed by atoms with Crippen LogP contribution in [-0.2, 0) is 16.1 Å². The van der Waals surface area contributed by atoms with Crippen LogP contribution in [0.15, 0.2) is 14.8 Å². The average Bonchev–Trinajstić information content (AvgIpc) is 2.84. The molecule has 0 spiro atoms. The topological polar surface area (TPSA) is 79.8 Å². The molecule has 1 atom stereocenters. The molecule has 98 valence electrons. The van der Waals surface area contributed by atoms with Gasteiger partial charge < -0.3 is 11.1 Å². The second-order valence-electron chi connectivity index (χ2n) is 3.68. The first-order chi connectivity index (χ1) is 9.04. The fourth-order valence-corrected chi connectivity index (χ4v) is 2.59. The fraction of sp³-hybridized carbons (Fsp3) is 0.182. The van der Waals surface area contributed by atoms with E-state index in [0.717, 1.165) is 11.4 Å². The smallest absolute Gasteiger partial charge is 0.242 e. The van der Waals surface area contributed by atoms with Crippen LogP contribution in [0.25, 0.3) is 0 Å². The summed E-state index contributed by atoms with van der Waals surface area (Å²) in [6, 6.07) is 0.688. The summed E-state index contributed by atoms with van der Waals surface area (Å²) in [4.78, 5) is 11.8. The monoisotopic (exact) mass is 314 g/mol. The van der Waals surface area contributed by atoms with Gasteiger partial charge in [0.1, 0.15) is 11.4 Å². The largest absolute Gasteiger partial charge is 0.322 e. The van der Waals surface area contributed by atoms with E-state index >= 15 is 0 Å². The highest BCUT2D eigenvalue weighted by Crippen LogP contribution is 2.47. The molecule has 0 aromatic heterocycles. The third kappa shape index (κ3) is 2.80. The van der Waals surface area contributed by atoms with Gasteiger partial charge in [-0.15, -0.1) is 12.3 Å². The van der Waals surface area contributed by atoms with E-state index < -0.39 is 11.9 Å². The minimum absolute atomic E-state index is 0.134. The van der Waals surface area contributed by atoms with Crippen LogP contribution in [0.5, 0.6) is 0 Å². The fourth-order valence-electron chi connectivity index (χ4n) is 1.43. The maximum absolute atomic E-state index is 11.8. The predicted molar refractivity (Wildman–Crippen MR) is 78.1 cm³/mol. The van der Waals surface area contributed by atoms with Crippen molar-refractivity contribution in [3.05, 3.63) is 16.1 Å². The van der Waals surface area contributed by atoms with Gasteiger partial charge in [-0.05, 0) is 6.07 Å². The van der Waals surface area contributed by atoms with Crippen molar-refractivity contribution < 1.29 is 4.79 Å². The van der Waals surface area contributed by atoms with E-state index in [9.17, 15) is 4.79 Å². The Hall–Kier alpha value is -1.39. The number of fused-ring (bicyclic) bond motifs is 1. The minimum atomic E-state index is -0.807. The van der Waals surface area contributed by atoms with Crippen molar-refractivity contribution in [2.45, 2.75) is 12.5 Å². The van der Waals surface area contributed by atoms with E-state index in [-0.39, 0.29) is 11.4 Å². The quantitative estimate of drug-likeness (QED) is 0.854. The van der Waals surface area contributed by atoms with Crippen LogP contribution in [0.2, 0.25) is 10.0 Å². The van der Waals surface area contributed by atoms with E-state index in [0.29, 0.717) is 22.1 Å². The first-order valence-corrected chi connectivity index (χ1v) is 6.63. The first-order valence-electron chi connectivity index (χ1n) is 5.14. The van der Waals surface area contributed by atoms with Crippen molar-refractivity contribution in [3.8, 4) is 12.3 Å². The van der Waals surface area contributed by atoms with Crippen molar-refractivity contribution in [1.29, 1.82) is 0 Å². The third-order valence-corrected chi connectivity index (χ3v) is 3.48. The molecule has 1 aromatic carbocycles. The second kappa shape index (κ2) is 5.72. The highest BCUT2D eigenvalue weighted by Gasteiger charge is 2.22. The van der Waals surface area contributed by atoms with Crippen molar-refractivity contribution in [3.63, 3.8) is 0 Å². The molecule has 0 aliphatic carbocycles. The van der Waals surface area contributed by atoms with Gasteiger partial charge in [0, 0.05) is 6.42 Å². The molecule has 0 radical (unpaired) electrons. The molecule has 1 unspecified atom stereocenters. The zero-order valence-electron chi connectivity index (χ0n) is 9.48. The number of benzene rings is 1. The Morgan fingerprint density at radius 3 is 2.84 bits per heavy atom. The number of halogens is 2. The number of terminal acetylenes is 1. The molecule has 1 amide bonds. The summed E-state index contributed by atoms with van der Waals surface area (Å²) in [6.07, 6.45) is 5.24. The second-order valence-corrected chi connectivity index (χ2v) is 5.02. The van der Waals surface area contributed by atoms with Crippen LogP contribution in [0, 0.1) is 12.3 Å². The highest BCUT2D eigenvalue weighted by atomic mass is 35.5. The molecule has 3 N–H and O–H groups in total. The standard InChI is InChI=1S/C11H8Cl2N4OS/c1-2-3-7(14)11(18)15-8-5(12)4-6(13)9-10(8)17-19-16-9/h1,4,7H,3,14H2,(H,15,18). The molecular weight excluding hydrogens is 307 g/mol. The molecule has 0 saturated heterocycles. The van der Waals surface area contributed by atoms with Crippen LogP contribution >= 0.6 is 23.2 Å². The predicted octanol–water partition coefficient (Wildman–Crippen LogP) is 3.01. The van der Waals surface area contributed by atoms with Gasteiger partial charge in [-0.2, -0.15) is 8.73 Å². The lowest BCUT2D eigenvalue weighted by molar-refractivity contribution is -0.117. The number of carbonyl (C=O) groups is 1. The summed E-state index contributed by atoms with van der Waals surface area (Å²) in [5, 5.41) is 3.25. The third-order valence-electron chi connectivity index (χ3n) is 2.37. The summed E-state index contributed by atoms with van der Waals surface area (Å²) in [5.41, 5.74) is 6.88. The summed E-state index contributed by atoms with van der Waals surface area (Å²) in [5.74, 6) is 1.89. The number of hydrogen-bond acceptors (Lipinski definition) is 4. The molecule has 2 rings (SSSR count). The Bertz CT molecular complexity index is 662. The molecular formula is C11H8Cl2N4OS. The van der Waals surface area contributed by atoms with Crippen LogP contribution in [-0.4, -0.2) is 11.9 Å². The van der Waals surface area contributed by atoms with Gasteiger partial charge in [-0.1, -0.05) is 23.2 Å². The number of nitrogens with two attached hydrogens (primary N) is 1. The van der Waals surface area contributed by atoms with Gasteiger partial charge in [-0.25, -0.2) is 0 Å². The maximum atomic E-state index is 11.8. The van der Waals surface area contributed by atoms with E-state index in [1.165, 1.54) is 6.07 Å². The summed E-state index contributed by atoms with van der Waals surface area (Å²) in [6.45, 7) is 0. The van der Waals surface area contributed by atoms with Crippen LogP contribution < -0.4 is 11.1 Å². The lowest BCUT2D eigenvalue weighted by atomic mass is 10.2. The van der Waals surface area contributed by atoms with Gasteiger partial charge in [0.05, 0.1) is 33.1 Å². The summed E-state index contributed by atoms with van der Waals surface area (Å²) >= 11 is 13.0. The van der Waals surface area contributed by atoms with Crippen molar-refractivity contribution in [2.24, 2.45) is 14.5 Å². The lowest BCUT2D eigenvalue weighted by Crippen LogP contribution is -2.35. The lowest BCUT2D eigenvalue weighted by Gasteiger charge is -2.13. The molecule has 1 aliphatic heterocycles. The normalized spacial score (nSPS) is 13.4. The molecule has 1 aliphatic rings. The Balaban J connectivity index is 2.33. The molecule has 5 nitrogen and oxygen atoms in total. The number of anilines is 1. The zero-order valence-corrected chi connectivity index (χ0v) is 11.8. The first kappa shape index (κ1) is 14.0. The van der Waals surface area contributed by atoms with Crippen LogP contribution in [0.1, 0.15) is 6.42 Å². The maximum Gasteiger partial charge on any atom is 0.242 e. The Kier molecular flexibility index (Phi) is 4.22. The average molecular weight is 315 g/mol. The van der Waals surface area contributed by atoms with E-state index in [1.54, 1.807) is 0 Å². The van der Waals surface area contributed by atoms with E-state index in [1.807, 2.05) is 0 Å². The van der Waals surface area contributed by atoms with Crippen LogP contribution in [0.4, 0.5) is 17.1 Å².